The number of likely N-dealkylation sites (tertiary alicyclic amines) is 1. The molecule has 1 aliphatic rings. The second-order valence-corrected chi connectivity index (χ2v) is 5.46. The second-order valence-electron chi connectivity index (χ2n) is 5.46. The average Bonchev–Trinajstić information content (AvgIpc) is 2.74. The van der Waals surface area contributed by atoms with Crippen LogP contribution in [0.15, 0.2) is 28.7 Å². The van der Waals surface area contributed by atoms with Crippen LogP contribution in [-0.2, 0) is 0 Å². The lowest BCUT2D eigenvalue weighted by Gasteiger charge is -2.33. The summed E-state index contributed by atoms with van der Waals surface area (Å²) >= 11 is 0. The lowest BCUT2D eigenvalue weighted by atomic mass is 9.90. The summed E-state index contributed by atoms with van der Waals surface area (Å²) in [6.45, 7) is 4.12. The number of fused-ring (bicyclic) bond motifs is 1. The molecule has 1 saturated heterocycles. The normalized spacial score (nSPS) is 25.7. The average molecular weight is 244 g/mol. The van der Waals surface area contributed by atoms with Crippen molar-refractivity contribution in [2.75, 3.05) is 20.1 Å². The van der Waals surface area contributed by atoms with Crippen LogP contribution in [0.4, 0.5) is 0 Å². The van der Waals surface area contributed by atoms with Gasteiger partial charge in [-0.1, -0.05) is 18.2 Å². The minimum Gasteiger partial charge on any atom is -0.460 e. The van der Waals surface area contributed by atoms with Gasteiger partial charge in [-0.15, -0.1) is 0 Å². The molecular weight excluding hydrogens is 224 g/mol. The molecule has 3 heteroatoms. The third-order valence-corrected chi connectivity index (χ3v) is 3.99. The molecule has 0 aliphatic carbocycles. The number of likely N-dealkylation sites (N-methyl/N-ethyl adjacent to an activating group) is 1. The van der Waals surface area contributed by atoms with Crippen molar-refractivity contribution in [2.45, 2.75) is 25.3 Å². The van der Waals surface area contributed by atoms with Crippen LogP contribution in [0.3, 0.4) is 0 Å². The summed E-state index contributed by atoms with van der Waals surface area (Å²) in [5.41, 5.74) is 8.47. The number of furan rings is 1. The van der Waals surface area contributed by atoms with Crippen molar-refractivity contribution in [1.29, 1.82) is 0 Å². The van der Waals surface area contributed by atoms with E-state index in [0.717, 1.165) is 30.9 Å². The van der Waals surface area contributed by atoms with E-state index < -0.39 is 0 Å². The third kappa shape index (κ3) is 1.93. The van der Waals surface area contributed by atoms with Gasteiger partial charge in [0, 0.05) is 23.9 Å². The number of benzene rings is 1. The molecule has 3 rings (SSSR count). The Morgan fingerprint density at radius 2 is 2.22 bits per heavy atom. The topological polar surface area (TPSA) is 42.4 Å². The van der Waals surface area contributed by atoms with Gasteiger partial charge in [-0.25, -0.2) is 0 Å². The molecule has 2 aromatic rings. The summed E-state index contributed by atoms with van der Waals surface area (Å²) < 4.78 is 6.05. The Morgan fingerprint density at radius 3 is 2.94 bits per heavy atom. The molecule has 0 amide bonds. The van der Waals surface area contributed by atoms with Crippen LogP contribution in [-0.4, -0.2) is 31.1 Å². The van der Waals surface area contributed by atoms with Crippen molar-refractivity contribution >= 4 is 11.0 Å². The van der Waals surface area contributed by atoms with Crippen molar-refractivity contribution in [1.82, 2.24) is 4.90 Å². The van der Waals surface area contributed by atoms with Gasteiger partial charge in [0.2, 0.25) is 0 Å². The van der Waals surface area contributed by atoms with Crippen molar-refractivity contribution < 1.29 is 4.42 Å². The van der Waals surface area contributed by atoms with Gasteiger partial charge in [0.1, 0.15) is 11.3 Å². The zero-order valence-electron chi connectivity index (χ0n) is 11.0. The summed E-state index contributed by atoms with van der Waals surface area (Å²) in [4.78, 5) is 2.29. The van der Waals surface area contributed by atoms with Crippen LogP contribution in [0.5, 0.6) is 0 Å². The van der Waals surface area contributed by atoms with E-state index in [-0.39, 0.29) is 6.04 Å². The molecule has 96 valence electrons. The van der Waals surface area contributed by atoms with Gasteiger partial charge in [0.25, 0.3) is 0 Å². The first-order valence-electron chi connectivity index (χ1n) is 6.58. The highest BCUT2D eigenvalue weighted by Crippen LogP contribution is 2.32. The van der Waals surface area contributed by atoms with E-state index in [1.807, 2.05) is 0 Å². The minimum atomic E-state index is 0.171. The molecule has 3 nitrogen and oxygen atoms in total. The van der Waals surface area contributed by atoms with Crippen LogP contribution >= 0.6 is 0 Å². The number of para-hydroxylation sites is 1. The number of nitrogens with zero attached hydrogens (tertiary/aromatic N) is 1. The lowest BCUT2D eigenvalue weighted by Crippen LogP contribution is -2.45. The molecule has 2 atom stereocenters. The second kappa shape index (κ2) is 4.41. The summed E-state index contributed by atoms with van der Waals surface area (Å²) in [7, 11) is 2.12. The zero-order valence-corrected chi connectivity index (χ0v) is 11.0. The predicted octanol–water partition coefficient (Wildman–Crippen LogP) is 2.49. The summed E-state index contributed by atoms with van der Waals surface area (Å²) in [6, 6.07) is 8.61. The van der Waals surface area contributed by atoms with Gasteiger partial charge in [-0.3, -0.25) is 0 Å². The van der Waals surface area contributed by atoms with Crippen LogP contribution in [0.25, 0.3) is 11.0 Å². The van der Waals surface area contributed by atoms with Crippen LogP contribution < -0.4 is 5.73 Å². The molecule has 0 radical (unpaired) electrons. The lowest BCUT2D eigenvalue weighted by molar-refractivity contribution is 0.215. The molecule has 2 heterocycles. The number of piperidine rings is 1. The number of hydrogen-bond acceptors (Lipinski definition) is 3. The molecule has 1 fully saturated rings. The van der Waals surface area contributed by atoms with Gasteiger partial charge in [-0.2, -0.15) is 0 Å². The molecule has 0 saturated carbocycles. The molecule has 0 spiro atoms. The van der Waals surface area contributed by atoms with Crippen LogP contribution in [0, 0.1) is 6.92 Å². The smallest absolute Gasteiger partial charge is 0.137 e. The Hall–Kier alpha value is -1.32. The van der Waals surface area contributed by atoms with Crippen molar-refractivity contribution in [3.8, 4) is 0 Å². The van der Waals surface area contributed by atoms with Gasteiger partial charge in [0.05, 0.1) is 0 Å². The highest BCUT2D eigenvalue weighted by atomic mass is 16.3. The minimum absolute atomic E-state index is 0.171. The van der Waals surface area contributed by atoms with Crippen molar-refractivity contribution in [2.24, 2.45) is 5.73 Å². The van der Waals surface area contributed by atoms with Crippen molar-refractivity contribution in [3.63, 3.8) is 0 Å². The van der Waals surface area contributed by atoms with Gasteiger partial charge >= 0.3 is 0 Å². The van der Waals surface area contributed by atoms with Crippen molar-refractivity contribution in [3.05, 3.63) is 35.6 Å². The number of rotatable bonds is 1. The summed E-state index contributed by atoms with van der Waals surface area (Å²) in [6.07, 6.45) is 1.08. The van der Waals surface area contributed by atoms with E-state index in [1.165, 1.54) is 10.9 Å². The quantitative estimate of drug-likeness (QED) is 0.838. The first kappa shape index (κ1) is 11.8. The van der Waals surface area contributed by atoms with E-state index in [4.69, 9.17) is 10.2 Å². The third-order valence-electron chi connectivity index (χ3n) is 3.99. The maximum atomic E-state index is 6.26. The van der Waals surface area contributed by atoms with E-state index in [2.05, 4.69) is 43.1 Å². The monoisotopic (exact) mass is 244 g/mol. The number of hydrogen-bond donors (Lipinski definition) is 1. The van der Waals surface area contributed by atoms with Gasteiger partial charge < -0.3 is 15.1 Å². The highest BCUT2D eigenvalue weighted by molar-refractivity contribution is 5.81. The molecule has 1 aliphatic heterocycles. The predicted molar refractivity (Wildman–Crippen MR) is 73.8 cm³/mol. The zero-order chi connectivity index (χ0) is 12.7. The summed E-state index contributed by atoms with van der Waals surface area (Å²) in [5, 5.41) is 1.19. The maximum absolute atomic E-state index is 6.26. The van der Waals surface area contributed by atoms with E-state index in [9.17, 15) is 0 Å². The van der Waals surface area contributed by atoms with Crippen LogP contribution in [0.1, 0.15) is 23.7 Å². The molecule has 1 aromatic carbocycles. The van der Waals surface area contributed by atoms with Crippen LogP contribution in [0.2, 0.25) is 0 Å². The van der Waals surface area contributed by atoms with Gasteiger partial charge in [-0.05, 0) is 38.6 Å². The van der Waals surface area contributed by atoms with E-state index in [1.54, 1.807) is 0 Å². The molecule has 2 unspecified atom stereocenters. The Morgan fingerprint density at radius 1 is 1.39 bits per heavy atom. The van der Waals surface area contributed by atoms with E-state index >= 15 is 0 Å². The number of nitrogens with two attached hydrogens (primary N) is 1. The Labute approximate surface area is 108 Å². The standard InChI is InChI=1S/C15H20N2O/c1-10-4-3-5-11-8-14(18-15(10)11)12-6-7-17(2)9-13(12)16/h3-5,8,12-13H,6-7,9,16H2,1-2H3. The Balaban J connectivity index is 1.97. The fourth-order valence-electron chi connectivity index (χ4n) is 2.92. The first-order chi connectivity index (χ1) is 8.65. The summed E-state index contributed by atoms with van der Waals surface area (Å²) in [5.74, 6) is 1.41. The van der Waals surface area contributed by atoms with E-state index in [0.29, 0.717) is 5.92 Å². The van der Waals surface area contributed by atoms with Gasteiger partial charge in [0.15, 0.2) is 0 Å². The molecule has 1 aromatic heterocycles. The molecule has 0 bridgehead atoms. The largest absolute Gasteiger partial charge is 0.460 e. The Bertz CT molecular complexity index is 561. The fraction of sp³-hybridized carbons (Fsp3) is 0.467. The molecule has 2 N–H and O–H groups in total. The maximum Gasteiger partial charge on any atom is 0.137 e. The molecular formula is C15H20N2O. The highest BCUT2D eigenvalue weighted by Gasteiger charge is 2.28. The Kier molecular flexibility index (Phi) is 2.88. The molecule has 18 heavy (non-hydrogen) atoms. The number of aryl methyl sites for hydroxylation is 1. The SMILES string of the molecule is Cc1cccc2cc(C3CCN(C)CC3N)oc12. The fourth-order valence-corrected chi connectivity index (χ4v) is 2.92. The first-order valence-corrected chi connectivity index (χ1v) is 6.58.